The third-order valence-electron chi connectivity index (χ3n) is 23.9. The number of aromatic nitrogens is 4. The van der Waals surface area contributed by atoms with Crippen molar-refractivity contribution in [3.63, 3.8) is 0 Å². The number of H-pyrrole nitrogens is 3. The number of aliphatic hydroxyl groups excluding tert-OH is 2. The Labute approximate surface area is 765 Å². The van der Waals surface area contributed by atoms with Gasteiger partial charge in [0.1, 0.15) is 72.2 Å². The van der Waals surface area contributed by atoms with Gasteiger partial charge in [-0.1, -0.05) is 88.1 Å². The number of thioether (sulfide) groups is 1. The Balaban J connectivity index is 1.09. The zero-order valence-corrected chi connectivity index (χ0v) is 75.6. The lowest BCUT2D eigenvalue weighted by molar-refractivity contribution is -0.152. The molecule has 6 aromatic rings. The Bertz CT molecular complexity index is 5140. The molecular weight excluding hydrogens is 1730 g/mol. The molecule has 20 N–H and O–H groups in total. The molecule has 0 bridgehead atoms. The highest BCUT2D eigenvalue weighted by molar-refractivity contribution is 8.00. The van der Waals surface area contributed by atoms with Crippen LogP contribution in [0.3, 0.4) is 0 Å². The van der Waals surface area contributed by atoms with E-state index in [0.29, 0.717) is 64.2 Å². The van der Waals surface area contributed by atoms with Gasteiger partial charge in [0.05, 0.1) is 56.5 Å². The second-order valence-electron chi connectivity index (χ2n) is 33.5. The average molecular weight is 1850 g/mol. The summed E-state index contributed by atoms with van der Waals surface area (Å²) in [5.41, 5.74) is 19.7. The number of carbonyl (C=O) groups is 18. The van der Waals surface area contributed by atoms with E-state index in [-0.39, 0.29) is 68.9 Å². The SMILES string of the molecule is CCCC[C@H]1C(=O)N(C)[C@@H](CCCC)C(=O)N[C@@H](C)C(=O)N[C@H](C(=O)CCC(N)=O)CSCC(=O)N[C@@H](Cc2ccc(O)cc2)C(=O)N(C)[C@@H](C)C(=O)N[C@@H](CC(N)=O)C(=O)N2CCOC[C@H]2C(=O)N[C@@H](Cc2cnc[nH]2)C(=O)C[C@@H](CCC(N)=O)C(=O)N2C[C@H](O)C[C@H]2C(=O)N[C@@H](Cc2c[nH]c3ccccc23)C(=O)N[C@@H](CO)C(=O)N[C@@H](Cc2c[nH]c3ccccc23)C(=O)N1C. The third kappa shape index (κ3) is 28.0. The van der Waals surface area contributed by atoms with Gasteiger partial charge in [0.25, 0.3) is 0 Å². The maximum atomic E-state index is 15.6. The molecule has 3 aliphatic heterocycles. The quantitative estimate of drug-likeness (QED) is 0.0301. The van der Waals surface area contributed by atoms with Crippen LogP contribution in [0.15, 0.2) is 97.7 Å². The first-order valence-electron chi connectivity index (χ1n) is 43.9. The van der Waals surface area contributed by atoms with Crippen LogP contribution in [0.25, 0.3) is 21.8 Å². The molecule has 9 rings (SSSR count). The number of aromatic amines is 3. The molecule has 6 heterocycles. The lowest BCUT2D eigenvalue weighted by Gasteiger charge is -2.37. The van der Waals surface area contributed by atoms with E-state index >= 15 is 33.6 Å². The predicted molar refractivity (Wildman–Crippen MR) is 479 cm³/mol. The molecule has 3 aliphatic rings. The number of hydrogen-bond acceptors (Lipinski definition) is 24. The summed E-state index contributed by atoms with van der Waals surface area (Å²) < 4.78 is 5.70. The molecule has 0 spiro atoms. The van der Waals surface area contributed by atoms with Crippen molar-refractivity contribution in [3.8, 4) is 5.75 Å². The molecule has 0 aliphatic carbocycles. The molecule has 3 aromatic heterocycles. The first-order valence-corrected chi connectivity index (χ1v) is 45.1. The van der Waals surface area contributed by atoms with Crippen molar-refractivity contribution in [3.05, 3.63) is 120 Å². The summed E-state index contributed by atoms with van der Waals surface area (Å²) in [5, 5.41) is 55.1. The number of primary amides is 3. The van der Waals surface area contributed by atoms with E-state index in [1.165, 1.54) is 71.8 Å². The number of imidazole rings is 1. The number of phenolic OH excluding ortho intramolecular Hbond substituents is 1. The highest BCUT2D eigenvalue weighted by Crippen LogP contribution is 2.29. The maximum Gasteiger partial charge on any atom is 0.246 e. The highest BCUT2D eigenvalue weighted by Gasteiger charge is 2.47. The number of nitrogens with two attached hydrogens (primary N) is 3. The van der Waals surface area contributed by atoms with Gasteiger partial charge in [-0.05, 0) is 74.1 Å². The van der Waals surface area contributed by atoms with Gasteiger partial charge >= 0.3 is 0 Å². The van der Waals surface area contributed by atoms with Gasteiger partial charge in [0.15, 0.2) is 11.6 Å². The molecule has 132 heavy (non-hydrogen) atoms. The number of ether oxygens (including phenoxy) is 1. The number of likely N-dealkylation sites (N-methyl/N-ethyl adjacent to an activating group) is 3. The standard InChI is InChI=1S/C89H120N20O22S/c1-8-10-20-68-82(123)97-48(3)78(119)104-67(72(113)27-29-75(91)116)45-132-46-77(118)98-63(32-50-22-25-55(111)26-23-50)86(127)105(5)49(4)79(120)101-65(38-76(92)117)88(129)108-30-31-131-44-71(108)84(125)99-61(36-54-41-93-47-96-54)73(114)35-51(24-28-74(90)115)85(126)109-42-56(112)37-70(109)83(124)100-62(33-52-39-94-59-18-14-12-16-57(52)59)80(121)103-66(43-110)81(122)102-64(34-53-40-95-60-19-15-13-17-58(53)60)87(128)107(7)69(21-11-9-2)89(130)106(68)6/h12-19,22-23,25-26,39-41,47-49,51,56,61-71,94-95,110-112H,8-11,20-21,24,27-38,42-46H2,1-7H3,(H2,90,115)(H2,91,116)(H2,92,117)(H,93,96)(H,97,123)(H,98,118)(H,99,125)(H,100,124)(H,101,120)(H,102,122)(H,103,121)(H,104,119)/t48-,49-,51+,56+,61-,62-,63-,64-,65-,66-,67-,68-,69-,70-,71-/m0/s1. The minimum atomic E-state index is -1.91. The number of phenols is 1. The van der Waals surface area contributed by atoms with Crippen molar-refractivity contribution in [2.45, 2.75) is 221 Å². The van der Waals surface area contributed by atoms with Gasteiger partial charge in [0, 0.05) is 150 Å². The number of ketones is 2. The lowest BCUT2D eigenvalue weighted by atomic mass is 9.91. The lowest BCUT2D eigenvalue weighted by Crippen LogP contribution is -2.63. The number of nitrogens with one attached hydrogen (secondary N) is 11. The number of carbonyl (C=O) groups excluding carboxylic acids is 18. The zero-order valence-electron chi connectivity index (χ0n) is 74.8. The van der Waals surface area contributed by atoms with Crippen LogP contribution in [0.2, 0.25) is 0 Å². The Morgan fingerprint density at radius 3 is 1.72 bits per heavy atom. The van der Waals surface area contributed by atoms with Crippen LogP contribution in [0.5, 0.6) is 5.75 Å². The highest BCUT2D eigenvalue weighted by atomic mass is 32.2. The van der Waals surface area contributed by atoms with Crippen molar-refractivity contribution < 1.29 is 106 Å². The molecule has 3 saturated heterocycles. The summed E-state index contributed by atoms with van der Waals surface area (Å²) in [5.74, 6) is -19.4. The summed E-state index contributed by atoms with van der Waals surface area (Å²) in [6, 6.07) is -1.01. The summed E-state index contributed by atoms with van der Waals surface area (Å²) in [4.78, 5) is 280. The van der Waals surface area contributed by atoms with E-state index in [1.54, 1.807) is 60.9 Å². The van der Waals surface area contributed by atoms with E-state index in [2.05, 4.69) is 62.5 Å². The van der Waals surface area contributed by atoms with E-state index in [1.807, 2.05) is 13.8 Å². The fourth-order valence-electron chi connectivity index (χ4n) is 16.2. The van der Waals surface area contributed by atoms with Gasteiger partial charge < -0.3 is 119 Å². The summed E-state index contributed by atoms with van der Waals surface area (Å²) in [7, 11) is 3.90. The summed E-state index contributed by atoms with van der Waals surface area (Å²) in [6.45, 7) is 3.48. The van der Waals surface area contributed by atoms with Crippen molar-refractivity contribution in [1.29, 1.82) is 0 Å². The second-order valence-corrected chi connectivity index (χ2v) is 34.6. The number of hydrogen-bond donors (Lipinski definition) is 17. The number of nitrogens with zero attached hydrogens (tertiary/aromatic N) is 6. The van der Waals surface area contributed by atoms with E-state index in [9.17, 15) is 68.1 Å². The van der Waals surface area contributed by atoms with Crippen molar-refractivity contribution in [2.24, 2.45) is 23.1 Å². The Hall–Kier alpha value is -13.2. The maximum absolute atomic E-state index is 15.6. The van der Waals surface area contributed by atoms with Crippen LogP contribution in [-0.2, 0) is 117 Å². The number of morpholine rings is 1. The van der Waals surface area contributed by atoms with Crippen LogP contribution in [-0.4, -0.2) is 316 Å². The molecule has 0 unspecified atom stereocenters. The normalized spacial score (nSPS) is 25.2. The number of aromatic hydroxyl groups is 1. The van der Waals surface area contributed by atoms with Gasteiger partial charge in [0.2, 0.25) is 94.5 Å². The van der Waals surface area contributed by atoms with Crippen molar-refractivity contribution in [2.75, 3.05) is 65.6 Å². The molecule has 3 aromatic carbocycles. The third-order valence-corrected chi connectivity index (χ3v) is 24.9. The Kier molecular flexibility index (Phi) is 37.8. The molecule has 3 fully saturated rings. The number of unbranched alkanes of at least 4 members (excludes halogenated alkanes) is 2. The smallest absolute Gasteiger partial charge is 0.246 e. The molecule has 43 heteroatoms. The molecule has 16 amide bonds. The van der Waals surface area contributed by atoms with Crippen LogP contribution in [0.4, 0.5) is 0 Å². The van der Waals surface area contributed by atoms with Crippen molar-refractivity contribution in [1.82, 2.24) is 87.0 Å². The number of amides is 16. The van der Waals surface area contributed by atoms with E-state index < -0.39 is 267 Å². The minimum absolute atomic E-state index is 0.00851. The van der Waals surface area contributed by atoms with Crippen LogP contribution < -0.4 is 59.7 Å². The first kappa shape index (κ1) is 103. The largest absolute Gasteiger partial charge is 0.508 e. The predicted octanol–water partition coefficient (Wildman–Crippen LogP) is -2.39. The monoisotopic (exact) mass is 1850 g/mol. The summed E-state index contributed by atoms with van der Waals surface area (Å²) >= 11 is 0.807. The average Bonchev–Trinajstić information content (AvgIpc) is 1.63. The Morgan fingerprint density at radius 1 is 0.538 bits per heavy atom. The Morgan fingerprint density at radius 2 is 1.11 bits per heavy atom. The second kappa shape index (κ2) is 48.7. The molecule has 0 saturated carbocycles. The number of fused-ring (bicyclic) bond motifs is 4. The number of benzene rings is 3. The van der Waals surface area contributed by atoms with E-state index in [4.69, 9.17) is 21.9 Å². The molecule has 42 nitrogen and oxygen atoms in total. The van der Waals surface area contributed by atoms with Gasteiger partial charge in [-0.2, -0.15) is 0 Å². The van der Waals surface area contributed by atoms with Crippen LogP contribution in [0, 0.1) is 5.92 Å². The molecule has 15 atom stereocenters. The number of Topliss-reactive ketones (excluding diaryl/α,β-unsaturated/α-hetero) is 2. The van der Waals surface area contributed by atoms with Crippen LogP contribution >= 0.6 is 11.8 Å². The van der Waals surface area contributed by atoms with Gasteiger partial charge in [-0.15, -0.1) is 11.8 Å². The van der Waals surface area contributed by atoms with Crippen LogP contribution in [0.1, 0.15) is 134 Å². The van der Waals surface area contributed by atoms with Crippen molar-refractivity contribution >= 4 is 140 Å². The zero-order chi connectivity index (χ0) is 96.3. The minimum Gasteiger partial charge on any atom is -0.508 e. The van der Waals surface area contributed by atoms with Gasteiger partial charge in [-0.25, -0.2) is 4.98 Å². The fourth-order valence-corrected chi connectivity index (χ4v) is 17.1. The number of aliphatic hydroxyl groups is 2. The molecule has 714 valence electrons. The molecular formula is C89H120N20O22S. The summed E-state index contributed by atoms with van der Waals surface area (Å²) in [6.07, 6.45) is 0.880. The topological polar surface area (TPSA) is 628 Å². The first-order chi connectivity index (χ1) is 62.9. The fraction of sp³-hybridized carbons (Fsp3) is 0.517. The number of rotatable bonds is 24. The van der Waals surface area contributed by atoms with Gasteiger partial charge in [-0.3, -0.25) is 86.3 Å². The number of para-hydroxylation sites is 2. The van der Waals surface area contributed by atoms with E-state index in [0.717, 1.165) is 36.3 Å². The molecule has 0 radical (unpaired) electrons.